The van der Waals surface area contributed by atoms with E-state index in [4.69, 9.17) is 10.8 Å². The highest BCUT2D eigenvalue weighted by Crippen LogP contribution is 2.00. The van der Waals surface area contributed by atoms with E-state index in [2.05, 4.69) is 4.98 Å². The minimum Gasteiger partial charge on any atom is -0.395 e. The third-order valence-electron chi connectivity index (χ3n) is 1.69. The minimum atomic E-state index is -0.155. The van der Waals surface area contributed by atoms with Crippen LogP contribution in [0.4, 0.5) is 0 Å². The summed E-state index contributed by atoms with van der Waals surface area (Å²) in [6, 6.07) is 3.68. The summed E-state index contributed by atoms with van der Waals surface area (Å²) in [5, 5.41) is 8.66. The first-order valence-corrected chi connectivity index (χ1v) is 4.26. The van der Waals surface area contributed by atoms with Gasteiger partial charge < -0.3 is 10.8 Å². The Balaban J connectivity index is 2.41. The lowest BCUT2D eigenvalue weighted by atomic mass is 10.2. The molecule has 0 aliphatic rings. The zero-order valence-electron chi connectivity index (χ0n) is 7.43. The third-order valence-corrected chi connectivity index (χ3v) is 1.69. The second kappa shape index (κ2) is 5.45. The van der Waals surface area contributed by atoms with E-state index in [-0.39, 0.29) is 12.6 Å². The van der Waals surface area contributed by atoms with E-state index in [1.807, 2.05) is 24.3 Å². The van der Waals surface area contributed by atoms with Crippen molar-refractivity contribution < 1.29 is 5.11 Å². The first-order chi connectivity index (χ1) is 6.33. The maximum absolute atomic E-state index is 8.66. The van der Waals surface area contributed by atoms with Gasteiger partial charge in [-0.3, -0.25) is 4.98 Å². The average molecular weight is 178 g/mol. The van der Waals surface area contributed by atoms with Crippen LogP contribution in [0.2, 0.25) is 0 Å². The van der Waals surface area contributed by atoms with E-state index in [0.717, 1.165) is 5.56 Å². The molecule has 0 fully saturated rings. The molecule has 1 heterocycles. The lowest BCUT2D eigenvalue weighted by molar-refractivity contribution is 0.267. The Labute approximate surface area is 77.9 Å². The lowest BCUT2D eigenvalue weighted by Crippen LogP contribution is -2.22. The number of hydrogen-bond donors (Lipinski definition) is 2. The van der Waals surface area contributed by atoms with Crippen LogP contribution in [0, 0.1) is 0 Å². The Morgan fingerprint density at radius 3 is 2.77 bits per heavy atom. The molecule has 3 heteroatoms. The number of nitrogens with zero attached hydrogens (tertiary/aromatic N) is 1. The van der Waals surface area contributed by atoms with Crippen molar-refractivity contribution in [2.24, 2.45) is 5.73 Å². The molecule has 3 N–H and O–H groups in total. The molecule has 1 aromatic heterocycles. The molecule has 1 rings (SSSR count). The molecule has 1 unspecified atom stereocenters. The zero-order valence-corrected chi connectivity index (χ0v) is 7.43. The van der Waals surface area contributed by atoms with Crippen LogP contribution in [0.25, 0.3) is 6.08 Å². The van der Waals surface area contributed by atoms with Gasteiger partial charge in [-0.05, 0) is 24.1 Å². The van der Waals surface area contributed by atoms with Crippen LogP contribution in [-0.4, -0.2) is 22.7 Å². The Morgan fingerprint density at radius 1 is 1.46 bits per heavy atom. The first-order valence-electron chi connectivity index (χ1n) is 4.26. The van der Waals surface area contributed by atoms with Crippen LogP contribution in [0.3, 0.4) is 0 Å². The lowest BCUT2D eigenvalue weighted by Gasteiger charge is -2.01. The van der Waals surface area contributed by atoms with Crippen LogP contribution in [0.15, 0.2) is 30.6 Å². The highest BCUT2D eigenvalue weighted by molar-refractivity contribution is 5.47. The molecule has 3 nitrogen and oxygen atoms in total. The second-order valence-corrected chi connectivity index (χ2v) is 2.86. The molecule has 13 heavy (non-hydrogen) atoms. The predicted octanol–water partition coefficient (Wildman–Crippen LogP) is 0.804. The summed E-state index contributed by atoms with van der Waals surface area (Å²) < 4.78 is 0. The number of aliphatic hydroxyl groups is 1. The van der Waals surface area contributed by atoms with E-state index >= 15 is 0 Å². The van der Waals surface area contributed by atoms with Gasteiger partial charge in [0.25, 0.3) is 0 Å². The molecular weight excluding hydrogens is 164 g/mol. The van der Waals surface area contributed by atoms with Gasteiger partial charge in [0.15, 0.2) is 0 Å². The Hall–Kier alpha value is -1.19. The van der Waals surface area contributed by atoms with Gasteiger partial charge in [0.05, 0.1) is 6.61 Å². The summed E-state index contributed by atoms with van der Waals surface area (Å²) >= 11 is 0. The summed E-state index contributed by atoms with van der Waals surface area (Å²) in [6.45, 7) is 0.0285. The number of aromatic nitrogens is 1. The summed E-state index contributed by atoms with van der Waals surface area (Å²) in [6.07, 6.45) is 8.10. The average Bonchev–Trinajstić information content (AvgIpc) is 2.19. The Bertz CT molecular complexity index is 259. The predicted molar refractivity (Wildman–Crippen MR) is 52.9 cm³/mol. The van der Waals surface area contributed by atoms with Gasteiger partial charge in [0, 0.05) is 18.4 Å². The van der Waals surface area contributed by atoms with Crippen LogP contribution in [0.5, 0.6) is 0 Å². The van der Waals surface area contributed by atoms with Crippen molar-refractivity contribution in [3.05, 3.63) is 36.2 Å². The SMILES string of the molecule is NC(CO)C/C=C/c1ccncc1. The van der Waals surface area contributed by atoms with Gasteiger partial charge in [0.2, 0.25) is 0 Å². The van der Waals surface area contributed by atoms with Gasteiger partial charge >= 0.3 is 0 Å². The molecular formula is C10H14N2O. The third kappa shape index (κ3) is 3.83. The van der Waals surface area contributed by atoms with Crippen LogP contribution in [0.1, 0.15) is 12.0 Å². The normalized spacial score (nSPS) is 13.4. The van der Waals surface area contributed by atoms with Crippen molar-refractivity contribution in [3.63, 3.8) is 0 Å². The van der Waals surface area contributed by atoms with E-state index in [1.54, 1.807) is 12.4 Å². The largest absolute Gasteiger partial charge is 0.395 e. The maximum Gasteiger partial charge on any atom is 0.0585 e. The van der Waals surface area contributed by atoms with Crippen LogP contribution in [-0.2, 0) is 0 Å². The molecule has 0 aliphatic carbocycles. The summed E-state index contributed by atoms with van der Waals surface area (Å²) in [7, 11) is 0. The van der Waals surface area contributed by atoms with Crippen molar-refractivity contribution in [1.82, 2.24) is 4.98 Å². The van der Waals surface area contributed by atoms with Crippen molar-refractivity contribution in [1.29, 1.82) is 0 Å². The highest BCUT2D eigenvalue weighted by atomic mass is 16.3. The molecule has 0 amide bonds. The van der Waals surface area contributed by atoms with Gasteiger partial charge in [-0.1, -0.05) is 12.2 Å². The Morgan fingerprint density at radius 2 is 2.15 bits per heavy atom. The molecule has 0 radical (unpaired) electrons. The molecule has 0 aromatic carbocycles. The van der Waals surface area contributed by atoms with Crippen LogP contribution >= 0.6 is 0 Å². The van der Waals surface area contributed by atoms with E-state index in [1.165, 1.54) is 0 Å². The summed E-state index contributed by atoms with van der Waals surface area (Å²) in [4.78, 5) is 3.91. The molecule has 0 aliphatic heterocycles. The van der Waals surface area contributed by atoms with E-state index < -0.39 is 0 Å². The molecule has 0 saturated heterocycles. The van der Waals surface area contributed by atoms with Gasteiger partial charge in [-0.2, -0.15) is 0 Å². The standard InChI is InChI=1S/C10H14N2O/c11-10(8-13)3-1-2-9-4-6-12-7-5-9/h1-2,4-7,10,13H,3,8,11H2/b2-1+. The fourth-order valence-corrected chi connectivity index (χ4v) is 0.928. The molecule has 0 bridgehead atoms. The van der Waals surface area contributed by atoms with Gasteiger partial charge in [0.1, 0.15) is 0 Å². The van der Waals surface area contributed by atoms with Crippen LogP contribution < -0.4 is 5.73 Å². The summed E-state index contributed by atoms with van der Waals surface area (Å²) in [5.74, 6) is 0. The molecule has 0 spiro atoms. The topological polar surface area (TPSA) is 59.1 Å². The molecule has 1 aromatic rings. The number of rotatable bonds is 4. The minimum absolute atomic E-state index is 0.0285. The van der Waals surface area contributed by atoms with E-state index in [0.29, 0.717) is 6.42 Å². The molecule has 1 atom stereocenters. The number of nitrogens with two attached hydrogens (primary N) is 1. The molecule has 0 saturated carbocycles. The van der Waals surface area contributed by atoms with Crippen molar-refractivity contribution >= 4 is 6.08 Å². The monoisotopic (exact) mass is 178 g/mol. The molecule has 70 valence electrons. The first kappa shape index (κ1) is 9.89. The van der Waals surface area contributed by atoms with Crippen molar-refractivity contribution in [3.8, 4) is 0 Å². The van der Waals surface area contributed by atoms with Gasteiger partial charge in [-0.15, -0.1) is 0 Å². The Kier molecular flexibility index (Phi) is 4.15. The maximum atomic E-state index is 8.66. The second-order valence-electron chi connectivity index (χ2n) is 2.86. The number of hydrogen-bond acceptors (Lipinski definition) is 3. The van der Waals surface area contributed by atoms with Gasteiger partial charge in [-0.25, -0.2) is 0 Å². The fraction of sp³-hybridized carbons (Fsp3) is 0.300. The smallest absolute Gasteiger partial charge is 0.0585 e. The quantitative estimate of drug-likeness (QED) is 0.717. The fourth-order valence-electron chi connectivity index (χ4n) is 0.928. The van der Waals surface area contributed by atoms with E-state index in [9.17, 15) is 0 Å². The zero-order chi connectivity index (χ0) is 9.52. The van der Waals surface area contributed by atoms with Crippen molar-refractivity contribution in [2.75, 3.05) is 6.61 Å². The van der Waals surface area contributed by atoms with Crippen molar-refractivity contribution in [2.45, 2.75) is 12.5 Å². The number of aliphatic hydroxyl groups excluding tert-OH is 1. The summed E-state index contributed by atoms with van der Waals surface area (Å²) in [5.41, 5.74) is 6.62. The number of pyridine rings is 1. The highest BCUT2D eigenvalue weighted by Gasteiger charge is 1.94.